The number of amides is 1. The van der Waals surface area contributed by atoms with Crippen molar-refractivity contribution in [3.63, 3.8) is 0 Å². The van der Waals surface area contributed by atoms with Crippen molar-refractivity contribution < 1.29 is 14.3 Å². The van der Waals surface area contributed by atoms with Crippen LogP contribution in [-0.4, -0.2) is 25.7 Å². The summed E-state index contributed by atoms with van der Waals surface area (Å²) in [6.45, 7) is 1.50. The largest absolute Gasteiger partial charge is 0.493 e. The number of para-hydroxylation sites is 1. The number of carbonyl (C=O) groups excluding carboxylic acids is 1. The topological polar surface area (TPSA) is 71.4 Å². The molecule has 3 rings (SSSR count). The molecular weight excluding hydrogens is 268 g/mol. The van der Waals surface area contributed by atoms with Crippen LogP contribution in [-0.2, 0) is 9.53 Å². The van der Waals surface area contributed by atoms with Gasteiger partial charge in [-0.15, -0.1) is 0 Å². The van der Waals surface area contributed by atoms with Crippen LogP contribution in [0.15, 0.2) is 24.3 Å². The molecule has 0 saturated carbocycles. The number of hydrogen-bond acceptors (Lipinski definition) is 4. The summed E-state index contributed by atoms with van der Waals surface area (Å²) in [5, 5.41) is 12.5. The molecule has 1 unspecified atom stereocenters. The second-order valence-corrected chi connectivity index (χ2v) is 5.51. The first-order valence-corrected chi connectivity index (χ1v) is 7.27. The number of carbonyl (C=O) groups is 1. The molecular formula is C16H18N2O3. The van der Waals surface area contributed by atoms with Gasteiger partial charge in [0.25, 0.3) is 0 Å². The van der Waals surface area contributed by atoms with Gasteiger partial charge in [0.2, 0.25) is 5.91 Å². The highest BCUT2D eigenvalue weighted by Gasteiger charge is 2.41. The third-order valence-electron chi connectivity index (χ3n) is 4.26. The van der Waals surface area contributed by atoms with Crippen molar-refractivity contribution in [2.45, 2.75) is 25.3 Å². The Labute approximate surface area is 123 Å². The first kappa shape index (κ1) is 13.9. The Bertz CT molecular complexity index is 573. The molecule has 110 valence electrons. The summed E-state index contributed by atoms with van der Waals surface area (Å²) in [5.74, 6) is 0.627. The van der Waals surface area contributed by atoms with Crippen LogP contribution in [0.5, 0.6) is 5.75 Å². The molecule has 1 amide bonds. The van der Waals surface area contributed by atoms with Crippen LogP contribution in [0, 0.1) is 16.7 Å². The smallest absolute Gasteiger partial charge is 0.241 e. The van der Waals surface area contributed by atoms with Crippen molar-refractivity contribution in [1.29, 1.82) is 5.26 Å². The number of benzene rings is 1. The van der Waals surface area contributed by atoms with Crippen LogP contribution in [0.1, 0.15) is 30.9 Å². The summed E-state index contributed by atoms with van der Waals surface area (Å²) in [6, 6.07) is 9.83. The SMILES string of the molecule is N#CC1(C(=O)NC2CCOc3ccccc32)CCOCC1. The maximum Gasteiger partial charge on any atom is 0.241 e. The summed E-state index contributed by atoms with van der Waals surface area (Å²) >= 11 is 0. The molecule has 5 nitrogen and oxygen atoms in total. The van der Waals surface area contributed by atoms with Gasteiger partial charge in [0, 0.05) is 25.2 Å². The van der Waals surface area contributed by atoms with E-state index >= 15 is 0 Å². The van der Waals surface area contributed by atoms with Gasteiger partial charge in [-0.2, -0.15) is 5.26 Å². The molecule has 5 heteroatoms. The van der Waals surface area contributed by atoms with Crippen molar-refractivity contribution in [3.05, 3.63) is 29.8 Å². The standard InChI is InChI=1S/C16H18N2O3/c17-11-16(6-9-20-10-7-16)15(19)18-13-5-8-21-14-4-2-1-3-12(13)14/h1-4,13H,5-10H2,(H,18,19). The van der Waals surface area contributed by atoms with Gasteiger partial charge in [-0.1, -0.05) is 18.2 Å². The maximum absolute atomic E-state index is 12.6. The Morgan fingerprint density at radius 3 is 2.81 bits per heavy atom. The predicted molar refractivity (Wildman–Crippen MR) is 75.5 cm³/mol. The van der Waals surface area contributed by atoms with E-state index < -0.39 is 5.41 Å². The van der Waals surface area contributed by atoms with Gasteiger partial charge >= 0.3 is 0 Å². The summed E-state index contributed by atoms with van der Waals surface area (Å²) in [5.41, 5.74) is 0.0307. The van der Waals surface area contributed by atoms with Gasteiger partial charge in [0.05, 0.1) is 18.7 Å². The zero-order valence-electron chi connectivity index (χ0n) is 11.8. The van der Waals surface area contributed by atoms with Crippen LogP contribution in [0.4, 0.5) is 0 Å². The Morgan fingerprint density at radius 2 is 2.05 bits per heavy atom. The van der Waals surface area contributed by atoms with E-state index in [0.717, 1.165) is 17.7 Å². The molecule has 2 aliphatic heterocycles. The van der Waals surface area contributed by atoms with Crippen molar-refractivity contribution in [1.82, 2.24) is 5.32 Å². The molecule has 0 aliphatic carbocycles. The molecule has 1 saturated heterocycles. The minimum Gasteiger partial charge on any atom is -0.493 e. The Hall–Kier alpha value is -2.06. The molecule has 2 aliphatic rings. The maximum atomic E-state index is 12.6. The van der Waals surface area contributed by atoms with E-state index in [2.05, 4.69) is 11.4 Å². The summed E-state index contributed by atoms with van der Waals surface area (Å²) < 4.78 is 10.9. The van der Waals surface area contributed by atoms with Crippen LogP contribution >= 0.6 is 0 Å². The molecule has 1 atom stereocenters. The molecule has 1 N–H and O–H groups in total. The molecule has 1 aromatic rings. The number of rotatable bonds is 2. The van der Waals surface area contributed by atoms with E-state index in [-0.39, 0.29) is 11.9 Å². The normalized spacial score (nSPS) is 23.3. The molecule has 21 heavy (non-hydrogen) atoms. The quantitative estimate of drug-likeness (QED) is 0.902. The fourth-order valence-electron chi connectivity index (χ4n) is 2.90. The summed E-state index contributed by atoms with van der Waals surface area (Å²) in [4.78, 5) is 12.6. The summed E-state index contributed by atoms with van der Waals surface area (Å²) in [7, 11) is 0. The second-order valence-electron chi connectivity index (χ2n) is 5.51. The minimum atomic E-state index is -0.953. The second kappa shape index (κ2) is 5.74. The highest BCUT2D eigenvalue weighted by atomic mass is 16.5. The molecule has 0 radical (unpaired) electrons. The average molecular weight is 286 g/mol. The summed E-state index contributed by atoms with van der Waals surface area (Å²) in [6.07, 6.45) is 1.64. The van der Waals surface area contributed by atoms with E-state index in [1.807, 2.05) is 24.3 Å². The van der Waals surface area contributed by atoms with Crippen LogP contribution in [0.3, 0.4) is 0 Å². The molecule has 0 bridgehead atoms. The Balaban J connectivity index is 1.78. The van der Waals surface area contributed by atoms with Crippen molar-refractivity contribution >= 4 is 5.91 Å². The molecule has 1 fully saturated rings. The first-order valence-electron chi connectivity index (χ1n) is 7.27. The Kier molecular flexibility index (Phi) is 3.80. The minimum absolute atomic E-state index is 0.0875. The van der Waals surface area contributed by atoms with Crippen molar-refractivity contribution in [2.24, 2.45) is 5.41 Å². The molecule has 0 spiro atoms. The highest BCUT2D eigenvalue weighted by Crippen LogP contribution is 2.35. The molecule has 1 aromatic carbocycles. The number of ether oxygens (including phenoxy) is 2. The van der Waals surface area contributed by atoms with Gasteiger partial charge < -0.3 is 14.8 Å². The number of fused-ring (bicyclic) bond motifs is 1. The van der Waals surface area contributed by atoms with Gasteiger partial charge in [0.15, 0.2) is 0 Å². The van der Waals surface area contributed by atoms with E-state index in [1.54, 1.807) is 0 Å². The lowest BCUT2D eigenvalue weighted by Gasteiger charge is -2.33. The number of nitriles is 1. The number of hydrogen-bond donors (Lipinski definition) is 1. The van der Waals surface area contributed by atoms with Gasteiger partial charge in [0.1, 0.15) is 11.2 Å². The van der Waals surface area contributed by atoms with Gasteiger partial charge in [-0.25, -0.2) is 0 Å². The van der Waals surface area contributed by atoms with Crippen molar-refractivity contribution in [3.8, 4) is 11.8 Å². The van der Waals surface area contributed by atoms with E-state index in [1.165, 1.54) is 0 Å². The zero-order chi connectivity index (χ0) is 14.7. The molecule has 0 aromatic heterocycles. The van der Waals surface area contributed by atoms with Crippen LogP contribution in [0.25, 0.3) is 0 Å². The lowest BCUT2D eigenvalue weighted by atomic mass is 9.80. The third-order valence-corrected chi connectivity index (χ3v) is 4.26. The average Bonchev–Trinajstić information content (AvgIpc) is 2.56. The van der Waals surface area contributed by atoms with Crippen LogP contribution < -0.4 is 10.1 Å². The fraction of sp³-hybridized carbons (Fsp3) is 0.500. The van der Waals surface area contributed by atoms with E-state index in [4.69, 9.17) is 9.47 Å². The number of nitrogens with one attached hydrogen (secondary N) is 1. The zero-order valence-corrected chi connectivity index (χ0v) is 11.8. The Morgan fingerprint density at radius 1 is 1.29 bits per heavy atom. The predicted octanol–water partition coefficient (Wildman–Crippen LogP) is 1.95. The fourth-order valence-corrected chi connectivity index (χ4v) is 2.90. The lowest BCUT2D eigenvalue weighted by molar-refractivity contribution is -0.133. The highest BCUT2D eigenvalue weighted by molar-refractivity contribution is 5.86. The lowest BCUT2D eigenvalue weighted by Crippen LogP contribution is -2.45. The van der Waals surface area contributed by atoms with Gasteiger partial charge in [-0.3, -0.25) is 4.79 Å². The van der Waals surface area contributed by atoms with Crippen LogP contribution in [0.2, 0.25) is 0 Å². The monoisotopic (exact) mass is 286 g/mol. The first-order chi connectivity index (χ1) is 10.2. The van der Waals surface area contributed by atoms with Gasteiger partial charge in [-0.05, 0) is 18.9 Å². The third kappa shape index (κ3) is 2.59. The van der Waals surface area contributed by atoms with Crippen molar-refractivity contribution in [2.75, 3.05) is 19.8 Å². The molecule has 2 heterocycles. The number of nitrogens with zero attached hydrogens (tertiary/aromatic N) is 1. The van der Waals surface area contributed by atoms with E-state index in [0.29, 0.717) is 32.7 Å². The van der Waals surface area contributed by atoms with E-state index in [9.17, 15) is 10.1 Å².